The number of ether oxygens (including phenoxy) is 2. The number of rotatable bonds is 0. The second-order valence-corrected chi connectivity index (χ2v) is 5.57. The molecule has 2 aliphatic rings. The highest BCUT2D eigenvalue weighted by molar-refractivity contribution is 5.91. The van der Waals surface area contributed by atoms with Gasteiger partial charge in [-0.1, -0.05) is 12.1 Å². The van der Waals surface area contributed by atoms with E-state index in [1.807, 2.05) is 30.3 Å². The fraction of sp³-hybridized carbons (Fsp3) is 0.235. The van der Waals surface area contributed by atoms with E-state index in [2.05, 4.69) is 0 Å². The van der Waals surface area contributed by atoms with Gasteiger partial charge in [0, 0.05) is 11.6 Å². The minimum absolute atomic E-state index is 0.0111. The molecule has 0 bridgehead atoms. The van der Waals surface area contributed by atoms with Crippen LogP contribution in [-0.4, -0.2) is 12.9 Å². The van der Waals surface area contributed by atoms with Gasteiger partial charge in [0.15, 0.2) is 0 Å². The van der Waals surface area contributed by atoms with Crippen molar-refractivity contribution in [2.24, 2.45) is 0 Å². The van der Waals surface area contributed by atoms with Gasteiger partial charge in [0.1, 0.15) is 16.9 Å². The standard InChI is InChI=1S/C17H12O4/c18-16-10-3-1-2-4-13(10)20-15-8-14-11(7-12(15)16)9-5-6-19-17(9)21-14/h1-4,7-9,17H,5-6H2. The fourth-order valence-electron chi connectivity index (χ4n) is 3.35. The lowest BCUT2D eigenvalue weighted by Gasteiger charge is -2.06. The highest BCUT2D eigenvalue weighted by Gasteiger charge is 2.39. The normalized spacial score (nSPS) is 23.2. The van der Waals surface area contributed by atoms with Gasteiger partial charge in [-0.25, -0.2) is 0 Å². The summed E-state index contributed by atoms with van der Waals surface area (Å²) in [6.45, 7) is 0.707. The van der Waals surface area contributed by atoms with E-state index in [1.165, 1.54) is 0 Å². The molecule has 0 saturated carbocycles. The van der Waals surface area contributed by atoms with E-state index in [1.54, 1.807) is 6.07 Å². The first-order chi connectivity index (χ1) is 10.3. The lowest BCUT2D eigenvalue weighted by molar-refractivity contribution is -0.0337. The topological polar surface area (TPSA) is 48.7 Å². The van der Waals surface area contributed by atoms with Gasteiger partial charge in [0.05, 0.1) is 23.3 Å². The minimum atomic E-state index is -0.207. The van der Waals surface area contributed by atoms with Gasteiger partial charge >= 0.3 is 0 Å². The summed E-state index contributed by atoms with van der Waals surface area (Å²) in [5.74, 6) is 1.01. The molecule has 4 nitrogen and oxygen atoms in total. The van der Waals surface area contributed by atoms with Crippen LogP contribution in [0.3, 0.4) is 0 Å². The molecule has 104 valence electrons. The summed E-state index contributed by atoms with van der Waals surface area (Å²) in [6, 6.07) is 11.1. The van der Waals surface area contributed by atoms with Gasteiger partial charge in [-0.2, -0.15) is 0 Å². The Bertz CT molecular complexity index is 941. The maximum atomic E-state index is 12.6. The summed E-state index contributed by atoms with van der Waals surface area (Å²) in [7, 11) is 0. The molecule has 4 heteroatoms. The summed E-state index contributed by atoms with van der Waals surface area (Å²) in [6.07, 6.45) is 0.726. The summed E-state index contributed by atoms with van der Waals surface area (Å²) >= 11 is 0. The molecule has 0 radical (unpaired) electrons. The fourth-order valence-corrected chi connectivity index (χ4v) is 3.35. The van der Waals surface area contributed by atoms with Crippen LogP contribution in [0.25, 0.3) is 21.9 Å². The van der Waals surface area contributed by atoms with Gasteiger partial charge in [-0.3, -0.25) is 4.79 Å². The van der Waals surface area contributed by atoms with Crippen molar-refractivity contribution in [3.8, 4) is 5.75 Å². The smallest absolute Gasteiger partial charge is 0.206 e. The molecule has 0 aliphatic carbocycles. The van der Waals surface area contributed by atoms with E-state index in [0.29, 0.717) is 28.5 Å². The number of hydrogen-bond acceptors (Lipinski definition) is 4. The monoisotopic (exact) mass is 280 g/mol. The Morgan fingerprint density at radius 1 is 1.05 bits per heavy atom. The van der Waals surface area contributed by atoms with Gasteiger partial charge in [0.25, 0.3) is 0 Å². The maximum absolute atomic E-state index is 12.6. The Kier molecular flexibility index (Phi) is 2.08. The molecule has 2 atom stereocenters. The molecular formula is C17H12O4. The molecule has 1 fully saturated rings. The van der Waals surface area contributed by atoms with Gasteiger partial charge < -0.3 is 13.9 Å². The predicted octanol–water partition coefficient (Wildman–Crippen LogP) is 3.17. The highest BCUT2D eigenvalue weighted by atomic mass is 16.7. The van der Waals surface area contributed by atoms with Gasteiger partial charge in [-0.15, -0.1) is 0 Å². The van der Waals surface area contributed by atoms with Crippen LogP contribution in [0.5, 0.6) is 5.75 Å². The van der Waals surface area contributed by atoms with Crippen molar-refractivity contribution in [3.63, 3.8) is 0 Å². The third-order valence-corrected chi connectivity index (χ3v) is 4.39. The Morgan fingerprint density at radius 2 is 1.95 bits per heavy atom. The van der Waals surface area contributed by atoms with Crippen LogP contribution in [0.1, 0.15) is 17.9 Å². The zero-order valence-electron chi connectivity index (χ0n) is 11.2. The first-order valence-electron chi connectivity index (χ1n) is 7.09. The van der Waals surface area contributed by atoms with Crippen molar-refractivity contribution in [2.75, 3.05) is 6.61 Å². The molecule has 2 aromatic carbocycles. The van der Waals surface area contributed by atoms with E-state index in [0.717, 1.165) is 17.7 Å². The Morgan fingerprint density at radius 3 is 2.90 bits per heavy atom. The quantitative estimate of drug-likeness (QED) is 0.593. The number of para-hydroxylation sites is 1. The van der Waals surface area contributed by atoms with Gasteiger partial charge in [-0.05, 0) is 24.6 Å². The molecular weight excluding hydrogens is 268 g/mol. The molecule has 0 spiro atoms. The third kappa shape index (κ3) is 1.45. The Balaban J connectivity index is 1.87. The maximum Gasteiger partial charge on any atom is 0.206 e. The van der Waals surface area contributed by atoms with Crippen molar-refractivity contribution in [2.45, 2.75) is 18.6 Å². The second kappa shape index (κ2) is 3.86. The molecule has 0 N–H and O–H groups in total. The Hall–Kier alpha value is -2.33. The lowest BCUT2D eigenvalue weighted by atomic mass is 9.97. The van der Waals surface area contributed by atoms with E-state index in [9.17, 15) is 4.79 Å². The molecule has 5 rings (SSSR count). The zero-order valence-corrected chi connectivity index (χ0v) is 11.2. The van der Waals surface area contributed by atoms with E-state index < -0.39 is 0 Å². The molecule has 3 heterocycles. The van der Waals surface area contributed by atoms with Crippen LogP contribution in [0, 0.1) is 0 Å². The average Bonchev–Trinajstić information content (AvgIpc) is 3.06. The highest BCUT2D eigenvalue weighted by Crippen LogP contribution is 2.45. The molecule has 2 aliphatic heterocycles. The molecule has 3 aromatic rings. The van der Waals surface area contributed by atoms with E-state index in [-0.39, 0.29) is 17.6 Å². The number of hydrogen-bond donors (Lipinski definition) is 0. The molecule has 0 amide bonds. The summed E-state index contributed by atoms with van der Waals surface area (Å²) in [5, 5.41) is 1.23. The van der Waals surface area contributed by atoms with Crippen LogP contribution in [0.2, 0.25) is 0 Å². The molecule has 21 heavy (non-hydrogen) atoms. The summed E-state index contributed by atoms with van der Waals surface area (Å²) in [4.78, 5) is 12.6. The minimum Gasteiger partial charge on any atom is -0.464 e. The SMILES string of the molecule is O=c1c2ccccc2oc2cc3c(cc12)C1CCOC1O3. The van der Waals surface area contributed by atoms with Crippen LogP contribution >= 0.6 is 0 Å². The second-order valence-electron chi connectivity index (χ2n) is 5.57. The van der Waals surface area contributed by atoms with E-state index in [4.69, 9.17) is 13.9 Å². The van der Waals surface area contributed by atoms with Crippen molar-refractivity contribution in [1.82, 2.24) is 0 Å². The van der Waals surface area contributed by atoms with Crippen molar-refractivity contribution in [1.29, 1.82) is 0 Å². The number of benzene rings is 2. The molecule has 1 aromatic heterocycles. The van der Waals surface area contributed by atoms with Crippen LogP contribution < -0.4 is 10.2 Å². The first kappa shape index (κ1) is 11.3. The first-order valence-corrected chi connectivity index (χ1v) is 7.09. The summed E-state index contributed by atoms with van der Waals surface area (Å²) < 4.78 is 17.2. The van der Waals surface area contributed by atoms with Crippen molar-refractivity contribution < 1.29 is 13.9 Å². The van der Waals surface area contributed by atoms with Gasteiger partial charge in [0.2, 0.25) is 11.7 Å². The average molecular weight is 280 g/mol. The molecule has 2 unspecified atom stereocenters. The van der Waals surface area contributed by atoms with E-state index >= 15 is 0 Å². The van der Waals surface area contributed by atoms with Crippen LogP contribution in [-0.2, 0) is 4.74 Å². The van der Waals surface area contributed by atoms with Crippen molar-refractivity contribution in [3.05, 3.63) is 52.2 Å². The number of fused-ring (bicyclic) bond motifs is 5. The molecule has 1 saturated heterocycles. The summed E-state index contributed by atoms with van der Waals surface area (Å²) in [5.41, 5.74) is 2.24. The lowest BCUT2D eigenvalue weighted by Crippen LogP contribution is -2.13. The zero-order chi connectivity index (χ0) is 14.0. The predicted molar refractivity (Wildman–Crippen MR) is 77.7 cm³/mol. The van der Waals surface area contributed by atoms with Crippen LogP contribution in [0.4, 0.5) is 0 Å². The Labute approximate surface area is 119 Å². The van der Waals surface area contributed by atoms with Crippen molar-refractivity contribution >= 4 is 21.9 Å². The van der Waals surface area contributed by atoms with Crippen LogP contribution in [0.15, 0.2) is 45.6 Å². The third-order valence-electron chi connectivity index (χ3n) is 4.39. The largest absolute Gasteiger partial charge is 0.464 e.